The van der Waals surface area contributed by atoms with Crippen molar-refractivity contribution in [2.75, 3.05) is 11.5 Å². The summed E-state index contributed by atoms with van der Waals surface area (Å²) in [6.07, 6.45) is 6.41. The molecule has 146 valence electrons. The Morgan fingerprint density at radius 3 is 2.63 bits per heavy atom. The predicted octanol–water partition coefficient (Wildman–Crippen LogP) is 1.86. The van der Waals surface area contributed by atoms with Gasteiger partial charge in [0.2, 0.25) is 0 Å². The van der Waals surface area contributed by atoms with Crippen LogP contribution in [0.2, 0.25) is 0 Å². The summed E-state index contributed by atoms with van der Waals surface area (Å²) in [6, 6.07) is 10.4. The number of benzene rings is 1. The molecule has 1 unspecified atom stereocenters. The first-order valence-electron chi connectivity index (χ1n) is 9.71. The van der Waals surface area contributed by atoms with Crippen molar-refractivity contribution in [2.45, 2.75) is 50.4 Å². The quantitative estimate of drug-likeness (QED) is 0.815. The zero-order valence-corrected chi connectivity index (χ0v) is 16.2. The molecule has 6 nitrogen and oxygen atoms in total. The fourth-order valence-electron chi connectivity index (χ4n) is 4.39. The highest BCUT2D eigenvalue weighted by atomic mass is 32.2. The lowest BCUT2D eigenvalue weighted by Crippen LogP contribution is -2.46. The highest BCUT2D eigenvalue weighted by Crippen LogP contribution is 2.30. The summed E-state index contributed by atoms with van der Waals surface area (Å²) in [7, 11) is -2.85. The highest BCUT2D eigenvalue weighted by molar-refractivity contribution is 7.91. The van der Waals surface area contributed by atoms with Crippen LogP contribution in [0.1, 0.15) is 25.7 Å². The van der Waals surface area contributed by atoms with Crippen molar-refractivity contribution in [3.63, 3.8) is 0 Å². The first-order valence-corrected chi connectivity index (χ1v) is 11.5. The maximum atomic E-state index is 11.6. The molecule has 3 atom stereocenters. The fraction of sp³-hybridized carbons (Fsp3) is 0.550. The van der Waals surface area contributed by atoms with Gasteiger partial charge in [0.25, 0.3) is 0 Å². The van der Waals surface area contributed by atoms with Gasteiger partial charge in [0.15, 0.2) is 0 Å². The van der Waals surface area contributed by atoms with Crippen molar-refractivity contribution < 1.29 is 13.5 Å². The number of aliphatic hydroxyl groups excluding tert-OH is 1. The topological polar surface area (TPSA) is 84.2 Å². The fourth-order valence-corrected chi connectivity index (χ4v) is 5.88. The standard InChI is InChI=1S/C20H27N3O3S/c24-19-13-15(12-18(19)22-17-6-10-27(25,26)11-7-17)14-23-9-8-21-20(23)16-4-2-1-3-5-16/h1-5,8-9,15,17-19,22,24H,6-7,10-14H2/t15?,18-,19-/m1/s1. The van der Waals surface area contributed by atoms with Crippen molar-refractivity contribution >= 4 is 9.84 Å². The van der Waals surface area contributed by atoms with E-state index in [0.29, 0.717) is 18.8 Å². The Labute approximate surface area is 160 Å². The number of hydrogen-bond donors (Lipinski definition) is 2. The van der Waals surface area contributed by atoms with Gasteiger partial charge in [0.1, 0.15) is 15.7 Å². The minimum Gasteiger partial charge on any atom is -0.391 e. The second-order valence-corrected chi connectivity index (χ2v) is 10.2. The number of aromatic nitrogens is 2. The Morgan fingerprint density at radius 1 is 1.15 bits per heavy atom. The molecule has 0 bridgehead atoms. The number of nitrogens with zero attached hydrogens (tertiary/aromatic N) is 2. The number of hydrogen-bond acceptors (Lipinski definition) is 5. The summed E-state index contributed by atoms with van der Waals surface area (Å²) in [4.78, 5) is 4.50. The summed E-state index contributed by atoms with van der Waals surface area (Å²) in [5, 5.41) is 14.0. The van der Waals surface area contributed by atoms with Gasteiger partial charge in [-0.05, 0) is 31.6 Å². The zero-order chi connectivity index (χ0) is 18.9. The maximum Gasteiger partial charge on any atom is 0.150 e. The summed E-state index contributed by atoms with van der Waals surface area (Å²) < 4.78 is 25.3. The highest BCUT2D eigenvalue weighted by Gasteiger charge is 2.35. The third kappa shape index (κ3) is 4.42. The average Bonchev–Trinajstić information content (AvgIpc) is 3.24. The van der Waals surface area contributed by atoms with Gasteiger partial charge in [-0.15, -0.1) is 0 Å². The van der Waals surface area contributed by atoms with Gasteiger partial charge in [0.05, 0.1) is 17.6 Å². The molecule has 1 aliphatic carbocycles. The Morgan fingerprint density at radius 2 is 1.89 bits per heavy atom. The molecule has 0 amide bonds. The first kappa shape index (κ1) is 18.7. The smallest absolute Gasteiger partial charge is 0.150 e. The van der Waals surface area contributed by atoms with E-state index in [1.54, 1.807) is 0 Å². The van der Waals surface area contributed by atoms with E-state index < -0.39 is 9.84 Å². The van der Waals surface area contributed by atoms with Gasteiger partial charge in [-0.2, -0.15) is 0 Å². The van der Waals surface area contributed by atoms with E-state index >= 15 is 0 Å². The minimum atomic E-state index is -2.85. The van der Waals surface area contributed by atoms with E-state index in [4.69, 9.17) is 0 Å². The van der Waals surface area contributed by atoms with Crippen molar-refractivity contribution in [3.8, 4) is 11.4 Å². The van der Waals surface area contributed by atoms with Crippen molar-refractivity contribution in [1.29, 1.82) is 0 Å². The molecule has 2 N–H and O–H groups in total. The third-order valence-corrected chi connectivity index (χ3v) is 7.55. The molecule has 27 heavy (non-hydrogen) atoms. The molecular weight excluding hydrogens is 362 g/mol. The van der Waals surface area contributed by atoms with E-state index in [-0.39, 0.29) is 29.7 Å². The Hall–Kier alpha value is -1.70. The zero-order valence-electron chi connectivity index (χ0n) is 15.4. The lowest BCUT2D eigenvalue weighted by atomic mass is 10.1. The van der Waals surface area contributed by atoms with Gasteiger partial charge in [-0.3, -0.25) is 0 Å². The average molecular weight is 390 g/mol. The van der Waals surface area contributed by atoms with Crippen LogP contribution in [0.25, 0.3) is 11.4 Å². The molecule has 0 spiro atoms. The third-order valence-electron chi connectivity index (χ3n) is 5.83. The second-order valence-electron chi connectivity index (χ2n) is 7.87. The van der Waals surface area contributed by atoms with Crippen LogP contribution < -0.4 is 5.32 Å². The van der Waals surface area contributed by atoms with Crippen LogP contribution in [-0.4, -0.2) is 52.8 Å². The molecule has 1 aliphatic heterocycles. The van der Waals surface area contributed by atoms with E-state index in [9.17, 15) is 13.5 Å². The van der Waals surface area contributed by atoms with Gasteiger partial charge in [0, 0.05) is 36.6 Å². The van der Waals surface area contributed by atoms with E-state index in [1.165, 1.54) is 0 Å². The predicted molar refractivity (Wildman–Crippen MR) is 105 cm³/mol. The number of nitrogens with one attached hydrogen (secondary N) is 1. The molecule has 1 aromatic heterocycles. The van der Waals surface area contributed by atoms with Crippen LogP contribution >= 0.6 is 0 Å². The Bertz CT molecular complexity index is 852. The summed E-state index contributed by atoms with van der Waals surface area (Å²) in [5.41, 5.74) is 1.10. The SMILES string of the molecule is O=S1(=O)CCC(N[C@@H]2CC(Cn3ccnc3-c3ccccc3)C[C@H]2O)CC1. The van der Waals surface area contributed by atoms with Gasteiger partial charge in [-0.1, -0.05) is 30.3 Å². The normalized spacial score (nSPS) is 28.4. The summed E-state index contributed by atoms with van der Waals surface area (Å²) >= 11 is 0. The largest absolute Gasteiger partial charge is 0.391 e. The van der Waals surface area contributed by atoms with Crippen LogP contribution in [-0.2, 0) is 16.4 Å². The molecule has 2 aliphatic rings. The number of imidazole rings is 1. The van der Waals surface area contributed by atoms with Gasteiger partial charge < -0.3 is 15.0 Å². The minimum absolute atomic E-state index is 0.0458. The van der Waals surface area contributed by atoms with Crippen molar-refractivity contribution in [2.24, 2.45) is 5.92 Å². The first-order chi connectivity index (χ1) is 13.0. The Balaban J connectivity index is 1.36. The molecule has 2 heterocycles. The van der Waals surface area contributed by atoms with Crippen LogP contribution in [0.3, 0.4) is 0 Å². The van der Waals surface area contributed by atoms with Crippen LogP contribution in [0.5, 0.6) is 0 Å². The van der Waals surface area contributed by atoms with E-state index in [0.717, 1.165) is 30.8 Å². The van der Waals surface area contributed by atoms with Gasteiger partial charge in [-0.25, -0.2) is 13.4 Å². The summed E-state index contributed by atoms with van der Waals surface area (Å²) in [5.74, 6) is 1.85. The van der Waals surface area contributed by atoms with Gasteiger partial charge >= 0.3 is 0 Å². The molecule has 2 fully saturated rings. The van der Waals surface area contributed by atoms with Crippen LogP contribution in [0.15, 0.2) is 42.7 Å². The molecular formula is C20H27N3O3S. The monoisotopic (exact) mass is 389 g/mol. The van der Waals surface area contributed by atoms with Crippen molar-refractivity contribution in [1.82, 2.24) is 14.9 Å². The molecule has 7 heteroatoms. The van der Waals surface area contributed by atoms with E-state index in [2.05, 4.69) is 27.0 Å². The van der Waals surface area contributed by atoms with Crippen LogP contribution in [0, 0.1) is 5.92 Å². The number of aliphatic hydroxyl groups is 1. The lowest BCUT2D eigenvalue weighted by molar-refractivity contribution is 0.139. The molecule has 2 aromatic rings. The second kappa shape index (κ2) is 7.73. The molecule has 4 rings (SSSR count). The Kier molecular flexibility index (Phi) is 5.34. The molecule has 1 saturated carbocycles. The molecule has 1 aromatic carbocycles. The van der Waals surface area contributed by atoms with Crippen molar-refractivity contribution in [3.05, 3.63) is 42.7 Å². The van der Waals surface area contributed by atoms with E-state index in [1.807, 2.05) is 30.6 Å². The number of rotatable bonds is 5. The van der Waals surface area contributed by atoms with Crippen LogP contribution in [0.4, 0.5) is 0 Å². The lowest BCUT2D eigenvalue weighted by Gasteiger charge is -2.28. The number of sulfone groups is 1. The summed E-state index contributed by atoms with van der Waals surface area (Å²) in [6.45, 7) is 0.832. The maximum absolute atomic E-state index is 11.6. The molecule has 0 radical (unpaired) electrons. The molecule has 1 saturated heterocycles.